The summed E-state index contributed by atoms with van der Waals surface area (Å²) in [6, 6.07) is 13.8. The normalized spacial score (nSPS) is 16.3. The van der Waals surface area contributed by atoms with Crippen LogP contribution in [0.4, 0.5) is 5.69 Å². The van der Waals surface area contributed by atoms with Gasteiger partial charge in [0.05, 0.1) is 4.90 Å². The number of rotatable bonds is 8. The molecule has 1 fully saturated rings. The Bertz CT molecular complexity index is 1120. The molecule has 0 aromatic heterocycles. The van der Waals surface area contributed by atoms with Crippen molar-refractivity contribution in [3.8, 4) is 0 Å². The maximum atomic E-state index is 13.0. The average Bonchev–Trinajstić information content (AvgIpc) is 2.82. The zero-order valence-electron chi connectivity index (χ0n) is 21.2. The minimum Gasteiger partial charge on any atom is -0.344 e. The minimum atomic E-state index is -3.58. The van der Waals surface area contributed by atoms with Gasteiger partial charge in [0.15, 0.2) is 0 Å². The number of aryl methyl sites for hydroxylation is 1. The fourth-order valence-corrected chi connectivity index (χ4v) is 5.66. The van der Waals surface area contributed by atoms with Crippen molar-refractivity contribution in [2.45, 2.75) is 64.3 Å². The average molecular weight is 500 g/mol. The standard InChI is InChI=1S/C27H37N3O4S/c1-18(2)21-8-10-23(11-9-21)28-27(32)25(19(3)4)29-26(31)22-14-16-30(17-15-22)35(33,34)24-12-6-20(5)7-13-24/h6-13,18-19,22,25H,14-17H2,1-5H3,(H,28,32)(H,29,31). The van der Waals surface area contributed by atoms with Crippen molar-refractivity contribution in [2.24, 2.45) is 11.8 Å². The van der Waals surface area contributed by atoms with Gasteiger partial charge < -0.3 is 10.6 Å². The molecule has 190 valence electrons. The maximum Gasteiger partial charge on any atom is 0.247 e. The van der Waals surface area contributed by atoms with Gasteiger partial charge in [-0.05, 0) is 61.4 Å². The highest BCUT2D eigenvalue weighted by molar-refractivity contribution is 7.89. The number of hydrogen-bond acceptors (Lipinski definition) is 4. The lowest BCUT2D eigenvalue weighted by Crippen LogP contribution is -2.50. The van der Waals surface area contributed by atoms with Gasteiger partial charge in [0.25, 0.3) is 0 Å². The van der Waals surface area contributed by atoms with Crippen LogP contribution >= 0.6 is 0 Å². The maximum absolute atomic E-state index is 13.0. The van der Waals surface area contributed by atoms with Crippen LogP contribution in [-0.4, -0.2) is 43.7 Å². The van der Waals surface area contributed by atoms with Gasteiger partial charge in [-0.1, -0.05) is 57.5 Å². The molecule has 2 aromatic rings. The van der Waals surface area contributed by atoms with E-state index < -0.39 is 16.1 Å². The van der Waals surface area contributed by atoms with E-state index in [1.165, 1.54) is 9.87 Å². The van der Waals surface area contributed by atoms with E-state index in [1.54, 1.807) is 24.3 Å². The summed E-state index contributed by atoms with van der Waals surface area (Å²) in [5.74, 6) is -0.498. The first-order valence-corrected chi connectivity index (χ1v) is 13.7. The summed E-state index contributed by atoms with van der Waals surface area (Å²) in [7, 11) is -3.58. The predicted octanol–water partition coefficient (Wildman–Crippen LogP) is 4.30. The molecular weight excluding hydrogens is 462 g/mol. The highest BCUT2D eigenvalue weighted by Gasteiger charge is 2.34. The van der Waals surface area contributed by atoms with Gasteiger partial charge in [-0.25, -0.2) is 8.42 Å². The lowest BCUT2D eigenvalue weighted by Gasteiger charge is -2.32. The molecule has 35 heavy (non-hydrogen) atoms. The summed E-state index contributed by atoms with van der Waals surface area (Å²) in [5, 5.41) is 5.81. The molecule has 2 aromatic carbocycles. The van der Waals surface area contributed by atoms with Crippen LogP contribution in [0.15, 0.2) is 53.4 Å². The van der Waals surface area contributed by atoms with Crippen molar-refractivity contribution in [1.29, 1.82) is 0 Å². The summed E-state index contributed by atoms with van der Waals surface area (Å²) in [4.78, 5) is 26.2. The molecular formula is C27H37N3O4S. The molecule has 7 nitrogen and oxygen atoms in total. The molecule has 3 rings (SSSR count). The van der Waals surface area contributed by atoms with Crippen molar-refractivity contribution < 1.29 is 18.0 Å². The molecule has 0 radical (unpaired) electrons. The first-order valence-electron chi connectivity index (χ1n) is 12.3. The Balaban J connectivity index is 1.58. The van der Waals surface area contributed by atoms with E-state index in [2.05, 4.69) is 24.5 Å². The van der Waals surface area contributed by atoms with Gasteiger partial charge >= 0.3 is 0 Å². The van der Waals surface area contributed by atoms with Gasteiger partial charge in [0.2, 0.25) is 21.8 Å². The summed E-state index contributed by atoms with van der Waals surface area (Å²) < 4.78 is 27.3. The van der Waals surface area contributed by atoms with Gasteiger partial charge in [-0.3, -0.25) is 9.59 Å². The topological polar surface area (TPSA) is 95.6 Å². The zero-order valence-corrected chi connectivity index (χ0v) is 22.1. The second kappa shape index (κ2) is 11.4. The second-order valence-corrected chi connectivity index (χ2v) is 11.9. The fraction of sp³-hybridized carbons (Fsp3) is 0.481. The molecule has 1 atom stereocenters. The lowest BCUT2D eigenvalue weighted by molar-refractivity contribution is -0.130. The molecule has 1 aliphatic heterocycles. The molecule has 1 heterocycles. The van der Waals surface area contributed by atoms with E-state index in [9.17, 15) is 18.0 Å². The molecule has 0 spiro atoms. The quantitative estimate of drug-likeness (QED) is 0.566. The van der Waals surface area contributed by atoms with E-state index in [0.29, 0.717) is 24.4 Å². The summed E-state index contributed by atoms with van der Waals surface area (Å²) >= 11 is 0. The van der Waals surface area contributed by atoms with E-state index in [1.807, 2.05) is 45.0 Å². The third-order valence-electron chi connectivity index (χ3n) is 6.58. The van der Waals surface area contributed by atoms with Crippen LogP contribution in [0.2, 0.25) is 0 Å². The second-order valence-electron chi connectivity index (χ2n) is 9.99. The summed E-state index contributed by atoms with van der Waals surface area (Å²) in [6.45, 7) is 10.5. The summed E-state index contributed by atoms with van der Waals surface area (Å²) in [5.41, 5.74) is 2.87. The largest absolute Gasteiger partial charge is 0.344 e. The van der Waals surface area contributed by atoms with Crippen LogP contribution < -0.4 is 10.6 Å². The Hall–Kier alpha value is -2.71. The number of carbonyl (C=O) groups excluding carboxylic acids is 2. The Kier molecular flexibility index (Phi) is 8.72. The monoisotopic (exact) mass is 499 g/mol. The molecule has 1 unspecified atom stereocenters. The highest BCUT2D eigenvalue weighted by Crippen LogP contribution is 2.25. The Labute approximate surface area is 209 Å². The predicted molar refractivity (Wildman–Crippen MR) is 139 cm³/mol. The van der Waals surface area contributed by atoms with Crippen LogP contribution in [0, 0.1) is 18.8 Å². The number of piperidine rings is 1. The number of sulfonamides is 1. The minimum absolute atomic E-state index is 0.101. The van der Waals surface area contributed by atoms with Gasteiger partial charge in [0, 0.05) is 24.7 Å². The van der Waals surface area contributed by atoms with Crippen LogP contribution in [0.3, 0.4) is 0 Å². The number of carbonyl (C=O) groups is 2. The number of nitrogens with zero attached hydrogens (tertiary/aromatic N) is 1. The molecule has 2 N–H and O–H groups in total. The van der Waals surface area contributed by atoms with Crippen molar-refractivity contribution in [3.63, 3.8) is 0 Å². The third-order valence-corrected chi connectivity index (χ3v) is 8.49. The van der Waals surface area contributed by atoms with Crippen molar-refractivity contribution in [3.05, 3.63) is 59.7 Å². The van der Waals surface area contributed by atoms with Gasteiger partial charge in [0.1, 0.15) is 6.04 Å². The van der Waals surface area contributed by atoms with Crippen molar-refractivity contribution in [1.82, 2.24) is 9.62 Å². The molecule has 0 aliphatic carbocycles. The van der Waals surface area contributed by atoms with Crippen LogP contribution in [0.5, 0.6) is 0 Å². The first-order chi connectivity index (χ1) is 16.5. The van der Waals surface area contributed by atoms with E-state index in [-0.39, 0.29) is 41.6 Å². The van der Waals surface area contributed by atoms with Crippen molar-refractivity contribution >= 4 is 27.5 Å². The first kappa shape index (κ1) is 26.9. The van der Waals surface area contributed by atoms with Crippen LogP contribution in [0.25, 0.3) is 0 Å². The SMILES string of the molecule is Cc1ccc(S(=O)(=O)N2CCC(C(=O)NC(C(=O)Nc3ccc(C(C)C)cc3)C(C)C)CC2)cc1. The van der Waals surface area contributed by atoms with Crippen LogP contribution in [0.1, 0.15) is 57.6 Å². The smallest absolute Gasteiger partial charge is 0.247 e. The van der Waals surface area contributed by atoms with Gasteiger partial charge in [-0.2, -0.15) is 4.31 Å². The Morgan fingerprint density at radius 1 is 0.914 bits per heavy atom. The molecule has 2 amide bonds. The molecule has 1 saturated heterocycles. The van der Waals surface area contributed by atoms with Crippen LogP contribution in [-0.2, 0) is 19.6 Å². The number of benzene rings is 2. The molecule has 1 aliphatic rings. The van der Waals surface area contributed by atoms with E-state index in [4.69, 9.17) is 0 Å². The van der Waals surface area contributed by atoms with Gasteiger partial charge in [-0.15, -0.1) is 0 Å². The number of nitrogens with one attached hydrogen (secondary N) is 2. The highest BCUT2D eigenvalue weighted by atomic mass is 32.2. The van der Waals surface area contributed by atoms with E-state index >= 15 is 0 Å². The Morgan fingerprint density at radius 3 is 2.00 bits per heavy atom. The molecule has 0 saturated carbocycles. The Morgan fingerprint density at radius 2 is 1.49 bits per heavy atom. The number of hydrogen-bond donors (Lipinski definition) is 2. The molecule has 8 heteroatoms. The summed E-state index contributed by atoms with van der Waals surface area (Å²) in [6.07, 6.45) is 0.833. The van der Waals surface area contributed by atoms with E-state index in [0.717, 1.165) is 5.56 Å². The third kappa shape index (κ3) is 6.70. The van der Waals surface area contributed by atoms with Crippen molar-refractivity contribution in [2.75, 3.05) is 18.4 Å². The number of anilines is 1. The fourth-order valence-electron chi connectivity index (χ4n) is 4.20. The zero-order chi connectivity index (χ0) is 25.8. The number of amides is 2. The molecule has 0 bridgehead atoms. The lowest BCUT2D eigenvalue weighted by atomic mass is 9.95.